The molecule has 0 spiro atoms. The van der Waals surface area contributed by atoms with Crippen LogP contribution in [0.3, 0.4) is 0 Å². The highest BCUT2D eigenvalue weighted by Gasteiger charge is 2.11. The minimum atomic E-state index is 1.16. The molecule has 0 fully saturated rings. The van der Waals surface area contributed by atoms with Crippen molar-refractivity contribution < 1.29 is 0 Å². The second kappa shape index (κ2) is 6.97. The normalized spacial score (nSPS) is 10.9. The lowest BCUT2D eigenvalue weighted by Gasteiger charge is -2.25. The van der Waals surface area contributed by atoms with Gasteiger partial charge >= 0.3 is 0 Å². The standard InChI is InChI=1S/C22H21N/c1-3-7-19-12-16-22(17-13-19)23(20-8-5-4-6-9-20)21-14-10-18(2)11-15-21/h3-17H,1-2H3/b7-3+. The van der Waals surface area contributed by atoms with Gasteiger partial charge in [-0.05, 0) is 55.8 Å². The van der Waals surface area contributed by atoms with Crippen LogP contribution in [-0.4, -0.2) is 0 Å². The molecule has 0 amide bonds. The van der Waals surface area contributed by atoms with Crippen LogP contribution in [0.5, 0.6) is 0 Å². The maximum Gasteiger partial charge on any atom is 0.0462 e. The molecule has 0 saturated carbocycles. The van der Waals surface area contributed by atoms with Crippen molar-refractivity contribution >= 4 is 23.1 Å². The zero-order chi connectivity index (χ0) is 16.1. The van der Waals surface area contributed by atoms with Gasteiger partial charge in [0.05, 0.1) is 0 Å². The molecule has 0 radical (unpaired) electrons. The van der Waals surface area contributed by atoms with E-state index in [4.69, 9.17) is 0 Å². The fourth-order valence-electron chi connectivity index (χ4n) is 2.65. The van der Waals surface area contributed by atoms with Crippen molar-refractivity contribution in [3.05, 3.63) is 96.1 Å². The smallest absolute Gasteiger partial charge is 0.0462 e. The summed E-state index contributed by atoms with van der Waals surface area (Å²) in [6.45, 7) is 4.15. The number of para-hydroxylation sites is 1. The SMILES string of the molecule is C/C=C/c1ccc(N(c2ccccc2)c2ccc(C)cc2)cc1. The Morgan fingerprint density at radius 2 is 1.17 bits per heavy atom. The number of allylic oxidation sites excluding steroid dienone is 1. The molecular weight excluding hydrogens is 278 g/mol. The average molecular weight is 299 g/mol. The van der Waals surface area contributed by atoms with Gasteiger partial charge in [-0.25, -0.2) is 0 Å². The Balaban J connectivity index is 2.06. The molecule has 0 heterocycles. The molecule has 23 heavy (non-hydrogen) atoms. The zero-order valence-electron chi connectivity index (χ0n) is 13.6. The minimum absolute atomic E-state index is 1.16. The molecule has 0 aliphatic carbocycles. The van der Waals surface area contributed by atoms with Crippen LogP contribution in [0.15, 0.2) is 84.9 Å². The van der Waals surface area contributed by atoms with Crippen LogP contribution in [-0.2, 0) is 0 Å². The summed E-state index contributed by atoms with van der Waals surface area (Å²) >= 11 is 0. The predicted octanol–water partition coefficient (Wildman–Crippen LogP) is 6.50. The Kier molecular flexibility index (Phi) is 4.58. The number of hydrogen-bond donors (Lipinski definition) is 0. The molecule has 1 nitrogen and oxygen atoms in total. The Morgan fingerprint density at radius 1 is 0.652 bits per heavy atom. The van der Waals surface area contributed by atoms with E-state index in [2.05, 4.69) is 96.8 Å². The van der Waals surface area contributed by atoms with Crippen molar-refractivity contribution in [2.45, 2.75) is 13.8 Å². The van der Waals surface area contributed by atoms with Gasteiger partial charge in [-0.2, -0.15) is 0 Å². The van der Waals surface area contributed by atoms with Crippen LogP contribution in [0.25, 0.3) is 6.08 Å². The fourth-order valence-corrected chi connectivity index (χ4v) is 2.65. The Morgan fingerprint density at radius 3 is 1.74 bits per heavy atom. The summed E-state index contributed by atoms with van der Waals surface area (Å²) in [4.78, 5) is 2.28. The fraction of sp³-hybridized carbons (Fsp3) is 0.0909. The number of hydrogen-bond acceptors (Lipinski definition) is 1. The first-order valence-corrected chi connectivity index (χ1v) is 7.92. The van der Waals surface area contributed by atoms with Gasteiger partial charge < -0.3 is 4.90 Å². The molecule has 1 heteroatoms. The van der Waals surface area contributed by atoms with Crippen LogP contribution < -0.4 is 4.90 Å². The van der Waals surface area contributed by atoms with Crippen molar-refractivity contribution in [2.75, 3.05) is 4.90 Å². The third kappa shape index (κ3) is 3.51. The summed E-state index contributed by atoms with van der Waals surface area (Å²) in [6.07, 6.45) is 4.17. The van der Waals surface area contributed by atoms with E-state index in [1.165, 1.54) is 16.8 Å². The van der Waals surface area contributed by atoms with Crippen LogP contribution >= 0.6 is 0 Å². The monoisotopic (exact) mass is 299 g/mol. The second-order valence-electron chi connectivity index (χ2n) is 5.60. The molecule has 0 aliphatic heterocycles. The van der Waals surface area contributed by atoms with E-state index in [1.54, 1.807) is 0 Å². The first-order chi connectivity index (χ1) is 11.3. The largest absolute Gasteiger partial charge is 0.311 e. The quantitative estimate of drug-likeness (QED) is 0.531. The van der Waals surface area contributed by atoms with Crippen LogP contribution in [0.4, 0.5) is 17.1 Å². The Bertz CT molecular complexity index is 768. The average Bonchev–Trinajstić information content (AvgIpc) is 2.60. The highest BCUT2D eigenvalue weighted by Crippen LogP contribution is 2.34. The molecule has 0 aliphatic rings. The number of nitrogens with zero attached hydrogens (tertiary/aromatic N) is 1. The van der Waals surface area contributed by atoms with E-state index in [1.807, 2.05) is 13.0 Å². The van der Waals surface area contributed by atoms with Gasteiger partial charge in [-0.15, -0.1) is 0 Å². The number of aryl methyl sites for hydroxylation is 1. The molecule has 0 unspecified atom stereocenters. The molecule has 0 bridgehead atoms. The Labute approximate surface area is 138 Å². The molecule has 0 saturated heterocycles. The van der Waals surface area contributed by atoms with Crippen molar-refractivity contribution in [3.8, 4) is 0 Å². The summed E-state index contributed by atoms with van der Waals surface area (Å²) in [5.74, 6) is 0. The summed E-state index contributed by atoms with van der Waals surface area (Å²) < 4.78 is 0. The molecule has 114 valence electrons. The topological polar surface area (TPSA) is 3.24 Å². The van der Waals surface area contributed by atoms with Gasteiger partial charge in [-0.1, -0.05) is 60.2 Å². The van der Waals surface area contributed by atoms with Gasteiger partial charge in [0.2, 0.25) is 0 Å². The molecule has 0 atom stereocenters. The summed E-state index contributed by atoms with van der Waals surface area (Å²) in [7, 11) is 0. The Hall–Kier alpha value is -2.80. The lowest BCUT2D eigenvalue weighted by atomic mass is 10.1. The summed E-state index contributed by atoms with van der Waals surface area (Å²) in [5.41, 5.74) is 5.97. The van der Waals surface area contributed by atoms with E-state index >= 15 is 0 Å². The molecule has 0 N–H and O–H groups in total. The highest BCUT2D eigenvalue weighted by molar-refractivity contribution is 5.77. The van der Waals surface area contributed by atoms with Gasteiger partial charge in [0.1, 0.15) is 0 Å². The van der Waals surface area contributed by atoms with E-state index in [-0.39, 0.29) is 0 Å². The number of benzene rings is 3. The third-order valence-corrected chi connectivity index (χ3v) is 3.82. The van der Waals surface area contributed by atoms with Crippen molar-refractivity contribution in [1.29, 1.82) is 0 Å². The maximum atomic E-state index is 2.28. The first-order valence-electron chi connectivity index (χ1n) is 7.92. The zero-order valence-corrected chi connectivity index (χ0v) is 13.6. The minimum Gasteiger partial charge on any atom is -0.311 e. The molecule has 3 aromatic rings. The summed E-state index contributed by atoms with van der Waals surface area (Å²) in [5, 5.41) is 0. The van der Waals surface area contributed by atoms with Crippen LogP contribution in [0, 0.1) is 6.92 Å². The van der Waals surface area contributed by atoms with Crippen LogP contribution in [0.1, 0.15) is 18.1 Å². The van der Waals surface area contributed by atoms with Crippen molar-refractivity contribution in [1.82, 2.24) is 0 Å². The van der Waals surface area contributed by atoms with Crippen molar-refractivity contribution in [3.63, 3.8) is 0 Å². The number of anilines is 3. The van der Waals surface area contributed by atoms with Gasteiger partial charge in [-0.3, -0.25) is 0 Å². The molecule has 0 aromatic heterocycles. The lowest BCUT2D eigenvalue weighted by Crippen LogP contribution is -2.09. The van der Waals surface area contributed by atoms with Gasteiger partial charge in [0.15, 0.2) is 0 Å². The second-order valence-corrected chi connectivity index (χ2v) is 5.60. The van der Waals surface area contributed by atoms with Crippen molar-refractivity contribution in [2.24, 2.45) is 0 Å². The van der Waals surface area contributed by atoms with Crippen LogP contribution in [0.2, 0.25) is 0 Å². The molecule has 3 rings (SSSR count). The van der Waals surface area contributed by atoms with E-state index in [0.29, 0.717) is 0 Å². The summed E-state index contributed by atoms with van der Waals surface area (Å²) in [6, 6.07) is 27.8. The third-order valence-electron chi connectivity index (χ3n) is 3.82. The maximum absolute atomic E-state index is 2.28. The first kappa shape index (κ1) is 15.1. The van der Waals surface area contributed by atoms with E-state index in [0.717, 1.165) is 11.4 Å². The molecular formula is C22H21N. The lowest BCUT2D eigenvalue weighted by molar-refractivity contribution is 1.27. The molecule has 3 aromatic carbocycles. The predicted molar refractivity (Wildman–Crippen MR) is 101 cm³/mol. The van der Waals surface area contributed by atoms with Gasteiger partial charge in [0.25, 0.3) is 0 Å². The van der Waals surface area contributed by atoms with E-state index in [9.17, 15) is 0 Å². The van der Waals surface area contributed by atoms with E-state index < -0.39 is 0 Å². The highest BCUT2D eigenvalue weighted by atomic mass is 15.1. The number of rotatable bonds is 4. The van der Waals surface area contributed by atoms with Gasteiger partial charge in [0, 0.05) is 17.1 Å².